The van der Waals surface area contributed by atoms with E-state index in [0.29, 0.717) is 6.54 Å². The topological polar surface area (TPSA) is 63.3 Å². The van der Waals surface area contributed by atoms with Crippen molar-refractivity contribution in [3.8, 4) is 0 Å². The second kappa shape index (κ2) is 9.40. The molecule has 0 amide bonds. The molecule has 0 atom stereocenters. The molecule has 9 heteroatoms. The van der Waals surface area contributed by atoms with Crippen LogP contribution >= 0.6 is 39.9 Å². The average Bonchev–Trinajstić information content (AvgIpc) is 2.98. The number of rotatable bonds is 5. The van der Waals surface area contributed by atoms with Crippen molar-refractivity contribution < 1.29 is 0 Å². The van der Waals surface area contributed by atoms with Gasteiger partial charge in [0.2, 0.25) is 0 Å². The second-order valence-electron chi connectivity index (χ2n) is 5.51. The Labute approximate surface area is 168 Å². The molecule has 0 saturated carbocycles. The summed E-state index contributed by atoms with van der Waals surface area (Å²) in [7, 11) is 6.03. The van der Waals surface area contributed by atoms with Crippen LogP contribution in [-0.2, 0) is 27.2 Å². The molecule has 134 valence electrons. The summed E-state index contributed by atoms with van der Waals surface area (Å²) in [5.74, 6) is 2.60. The number of halogens is 2. The van der Waals surface area contributed by atoms with E-state index in [-0.39, 0.29) is 24.0 Å². The summed E-state index contributed by atoms with van der Waals surface area (Å²) in [4.78, 5) is 6.78. The summed E-state index contributed by atoms with van der Waals surface area (Å²) in [6, 6.07) is 2.12. The molecule has 0 aromatic carbocycles. The zero-order valence-corrected chi connectivity index (χ0v) is 18.7. The third-order valence-electron chi connectivity index (χ3n) is 3.72. The molecule has 2 rings (SSSR count). The van der Waals surface area contributed by atoms with Gasteiger partial charge in [0.1, 0.15) is 12.4 Å². The number of aliphatic imine (C=N–C) groups is 1. The van der Waals surface area contributed by atoms with Gasteiger partial charge >= 0.3 is 0 Å². The second-order valence-corrected chi connectivity index (χ2v) is 6.42. The quantitative estimate of drug-likeness (QED) is 0.382. The van der Waals surface area contributed by atoms with E-state index in [0.717, 1.165) is 35.2 Å². The van der Waals surface area contributed by atoms with Gasteiger partial charge in [-0.05, 0) is 35.8 Å². The van der Waals surface area contributed by atoms with Crippen molar-refractivity contribution in [2.24, 2.45) is 19.1 Å². The molecule has 1 N–H and O–H groups in total. The lowest BCUT2D eigenvalue weighted by molar-refractivity contribution is 0.461. The first-order valence-electron chi connectivity index (χ1n) is 7.57. The molecule has 0 spiro atoms. The molecule has 0 saturated heterocycles. The van der Waals surface area contributed by atoms with Crippen LogP contribution in [0.15, 0.2) is 21.7 Å². The van der Waals surface area contributed by atoms with Gasteiger partial charge in [-0.15, -0.1) is 34.2 Å². The fraction of sp³-hybridized carbons (Fsp3) is 0.533. The number of nitrogens with zero attached hydrogens (tertiary/aromatic N) is 6. The Balaban J connectivity index is 0.00000288. The molecule has 2 heterocycles. The minimum atomic E-state index is 0. The maximum atomic E-state index is 4.68. The predicted molar refractivity (Wildman–Crippen MR) is 111 cm³/mol. The number of hydrogen-bond donors (Lipinski definition) is 1. The first kappa shape index (κ1) is 20.9. The number of aromatic nitrogens is 4. The molecule has 7 nitrogen and oxygen atoms in total. The first-order valence-corrected chi connectivity index (χ1v) is 8.36. The van der Waals surface area contributed by atoms with Crippen molar-refractivity contribution in [1.82, 2.24) is 29.5 Å². The van der Waals surface area contributed by atoms with Gasteiger partial charge in [-0.2, -0.15) is 0 Å². The van der Waals surface area contributed by atoms with Crippen LogP contribution in [0.5, 0.6) is 0 Å². The van der Waals surface area contributed by atoms with Gasteiger partial charge in [-0.1, -0.05) is 0 Å². The molecule has 0 aliphatic heterocycles. The Morgan fingerprint density at radius 3 is 2.58 bits per heavy atom. The van der Waals surface area contributed by atoms with Crippen molar-refractivity contribution in [2.75, 3.05) is 13.6 Å². The van der Waals surface area contributed by atoms with E-state index >= 15 is 0 Å². The molecule has 0 fully saturated rings. The fourth-order valence-electron chi connectivity index (χ4n) is 2.25. The Morgan fingerprint density at radius 1 is 1.38 bits per heavy atom. The first-order chi connectivity index (χ1) is 10.9. The molecule has 0 aliphatic carbocycles. The lowest BCUT2D eigenvalue weighted by Gasteiger charge is -2.22. The maximum absolute atomic E-state index is 4.68. The molecule has 0 aliphatic rings. The smallest absolute Gasteiger partial charge is 0.194 e. The van der Waals surface area contributed by atoms with Gasteiger partial charge in [-0.25, -0.2) is 4.99 Å². The average molecular weight is 510 g/mol. The molecular weight excluding hydrogens is 485 g/mol. The van der Waals surface area contributed by atoms with Crippen LogP contribution in [0.3, 0.4) is 0 Å². The van der Waals surface area contributed by atoms with Crippen LogP contribution in [-0.4, -0.2) is 43.8 Å². The molecular formula is C15H25BrIN7. The molecule has 2 aromatic rings. The molecule has 0 bridgehead atoms. The Kier molecular flexibility index (Phi) is 8.20. The van der Waals surface area contributed by atoms with Crippen molar-refractivity contribution in [3.63, 3.8) is 0 Å². The Morgan fingerprint density at radius 2 is 2.08 bits per heavy atom. The minimum Gasteiger partial charge on any atom is -0.357 e. The van der Waals surface area contributed by atoms with Crippen LogP contribution in [0, 0.1) is 6.92 Å². The van der Waals surface area contributed by atoms with Gasteiger partial charge in [0.25, 0.3) is 0 Å². The van der Waals surface area contributed by atoms with Crippen LogP contribution < -0.4 is 5.32 Å². The third kappa shape index (κ3) is 5.20. The molecule has 24 heavy (non-hydrogen) atoms. The van der Waals surface area contributed by atoms with Crippen molar-refractivity contribution >= 4 is 45.9 Å². The number of nitrogens with one attached hydrogen (secondary N) is 1. The van der Waals surface area contributed by atoms with E-state index in [9.17, 15) is 0 Å². The highest BCUT2D eigenvalue weighted by molar-refractivity contribution is 14.0. The van der Waals surface area contributed by atoms with Gasteiger partial charge in [0.05, 0.1) is 6.54 Å². The van der Waals surface area contributed by atoms with Crippen LogP contribution in [0.25, 0.3) is 0 Å². The van der Waals surface area contributed by atoms with E-state index in [4.69, 9.17) is 0 Å². The van der Waals surface area contributed by atoms with Crippen molar-refractivity contribution in [3.05, 3.63) is 34.1 Å². The van der Waals surface area contributed by atoms with Crippen LogP contribution in [0.4, 0.5) is 0 Å². The van der Waals surface area contributed by atoms with Crippen molar-refractivity contribution in [1.29, 1.82) is 0 Å². The van der Waals surface area contributed by atoms with Gasteiger partial charge in [0, 0.05) is 44.1 Å². The minimum absolute atomic E-state index is 0. The SMILES string of the molecule is CCNC(=NCc1nnc(C)n1C)N(C)Cc1cc(Br)cn1C.I. The zero-order chi connectivity index (χ0) is 17.0. The lowest BCUT2D eigenvalue weighted by Crippen LogP contribution is -2.38. The number of hydrogen-bond acceptors (Lipinski definition) is 3. The highest BCUT2D eigenvalue weighted by Gasteiger charge is 2.11. The fourth-order valence-corrected chi connectivity index (χ4v) is 2.82. The predicted octanol–water partition coefficient (Wildman–Crippen LogP) is 2.44. The zero-order valence-electron chi connectivity index (χ0n) is 14.7. The lowest BCUT2D eigenvalue weighted by atomic mass is 10.4. The van der Waals surface area contributed by atoms with Gasteiger partial charge in [0.15, 0.2) is 11.8 Å². The molecule has 0 radical (unpaired) electrons. The maximum Gasteiger partial charge on any atom is 0.194 e. The third-order valence-corrected chi connectivity index (χ3v) is 4.16. The Hall–Kier alpha value is -1.10. The Bertz CT molecular complexity index is 692. The van der Waals surface area contributed by atoms with Crippen LogP contribution in [0.1, 0.15) is 24.3 Å². The number of guanidine groups is 1. The largest absolute Gasteiger partial charge is 0.357 e. The summed E-state index contributed by atoms with van der Waals surface area (Å²) >= 11 is 3.51. The standard InChI is InChI=1S/C15H24BrN7.HI/c1-6-17-15(18-8-14-20-19-11(2)23(14)5)22(4)10-13-7-12(16)9-21(13)3;/h7,9H,6,8,10H2,1-5H3,(H,17,18);1H. The van der Waals surface area contributed by atoms with E-state index in [1.807, 2.05) is 32.6 Å². The van der Waals surface area contributed by atoms with E-state index < -0.39 is 0 Å². The summed E-state index contributed by atoms with van der Waals surface area (Å²) in [5.41, 5.74) is 1.21. The summed E-state index contributed by atoms with van der Waals surface area (Å²) in [6.07, 6.45) is 2.05. The summed E-state index contributed by atoms with van der Waals surface area (Å²) in [5, 5.41) is 11.5. The highest BCUT2D eigenvalue weighted by Crippen LogP contribution is 2.15. The van der Waals surface area contributed by atoms with Crippen molar-refractivity contribution in [2.45, 2.75) is 26.9 Å². The highest BCUT2D eigenvalue weighted by atomic mass is 127. The van der Waals surface area contributed by atoms with Gasteiger partial charge in [-0.3, -0.25) is 0 Å². The molecule has 0 unspecified atom stereocenters. The van der Waals surface area contributed by atoms with Gasteiger partial charge < -0.3 is 19.4 Å². The van der Waals surface area contributed by atoms with E-state index in [2.05, 4.69) is 65.1 Å². The summed E-state index contributed by atoms with van der Waals surface area (Å²) in [6.45, 7) is 6.09. The summed E-state index contributed by atoms with van der Waals surface area (Å²) < 4.78 is 5.15. The normalized spacial score (nSPS) is 11.3. The van der Waals surface area contributed by atoms with E-state index in [1.54, 1.807) is 0 Å². The van der Waals surface area contributed by atoms with Crippen LogP contribution in [0.2, 0.25) is 0 Å². The monoisotopic (exact) mass is 509 g/mol. The van der Waals surface area contributed by atoms with E-state index in [1.165, 1.54) is 5.69 Å². The number of aryl methyl sites for hydroxylation is 2. The molecule has 2 aromatic heterocycles.